The van der Waals surface area contributed by atoms with Crippen molar-refractivity contribution in [2.45, 2.75) is 26.6 Å². The van der Waals surface area contributed by atoms with E-state index in [2.05, 4.69) is 15.2 Å². The topological polar surface area (TPSA) is 87.3 Å². The zero-order valence-corrected chi connectivity index (χ0v) is 16.9. The molecule has 3 aromatic rings. The predicted molar refractivity (Wildman–Crippen MR) is 105 cm³/mol. The second-order valence-electron chi connectivity index (χ2n) is 6.88. The Morgan fingerprint density at radius 2 is 2.07 bits per heavy atom. The van der Waals surface area contributed by atoms with Gasteiger partial charge in [0.2, 0.25) is 0 Å². The number of hydrogen-bond acceptors (Lipinski definition) is 6. The first kappa shape index (κ1) is 20.0. The smallest absolute Gasteiger partial charge is 0.271 e. The number of hydrogen-bond donors (Lipinski definition) is 0. The number of benzene rings is 1. The van der Waals surface area contributed by atoms with Gasteiger partial charge in [0.1, 0.15) is 29.6 Å². The van der Waals surface area contributed by atoms with Gasteiger partial charge in [-0.2, -0.15) is 10.2 Å². The summed E-state index contributed by atoms with van der Waals surface area (Å²) in [7, 11) is 1.77. The molecule has 2 aromatic heterocycles. The van der Waals surface area contributed by atoms with Gasteiger partial charge in [0.05, 0.1) is 19.7 Å². The lowest BCUT2D eigenvalue weighted by Crippen LogP contribution is -2.37. The first-order chi connectivity index (χ1) is 14.5. The highest BCUT2D eigenvalue weighted by molar-refractivity contribution is 5.94. The van der Waals surface area contributed by atoms with Crippen LogP contribution in [0.1, 0.15) is 23.2 Å². The number of aromatic nitrogens is 5. The number of ether oxygens (including phenoxy) is 2. The maximum Gasteiger partial charge on any atom is 0.271 e. The van der Waals surface area contributed by atoms with Crippen molar-refractivity contribution in [2.24, 2.45) is 0 Å². The second-order valence-corrected chi connectivity index (χ2v) is 6.88. The molecule has 10 heteroatoms. The molecule has 30 heavy (non-hydrogen) atoms. The number of fused-ring (bicyclic) bond motifs is 1. The van der Waals surface area contributed by atoms with E-state index >= 15 is 0 Å². The van der Waals surface area contributed by atoms with Crippen LogP contribution in [0.2, 0.25) is 0 Å². The molecule has 1 aliphatic heterocycles. The molecule has 0 atom stereocenters. The van der Waals surface area contributed by atoms with E-state index in [9.17, 15) is 9.18 Å². The van der Waals surface area contributed by atoms with Crippen LogP contribution < -0.4 is 4.74 Å². The van der Waals surface area contributed by atoms with Gasteiger partial charge in [-0.25, -0.2) is 14.1 Å². The van der Waals surface area contributed by atoms with Gasteiger partial charge in [0.25, 0.3) is 5.91 Å². The molecule has 1 aliphatic rings. The van der Waals surface area contributed by atoms with Gasteiger partial charge in [-0.05, 0) is 19.1 Å². The van der Waals surface area contributed by atoms with E-state index in [1.165, 1.54) is 12.1 Å². The van der Waals surface area contributed by atoms with Gasteiger partial charge in [-0.15, -0.1) is 0 Å². The summed E-state index contributed by atoms with van der Waals surface area (Å²) >= 11 is 0. The maximum atomic E-state index is 13.4. The molecule has 0 N–H and O–H groups in total. The SMILES string of the molecule is CCOCCn1nc(COc2cccc(F)c2)nc1-c1cc2n(n1)CCN(C)C2=O. The van der Waals surface area contributed by atoms with Crippen molar-refractivity contribution < 1.29 is 18.7 Å². The van der Waals surface area contributed by atoms with Gasteiger partial charge in [0, 0.05) is 32.3 Å². The van der Waals surface area contributed by atoms with Crippen LogP contribution in [0.5, 0.6) is 5.75 Å². The Morgan fingerprint density at radius 1 is 1.20 bits per heavy atom. The Hall–Kier alpha value is -3.27. The summed E-state index contributed by atoms with van der Waals surface area (Å²) in [6.45, 7) is 4.77. The fraction of sp³-hybridized carbons (Fsp3) is 0.400. The largest absolute Gasteiger partial charge is 0.485 e. The summed E-state index contributed by atoms with van der Waals surface area (Å²) in [4.78, 5) is 18.6. The highest BCUT2D eigenvalue weighted by Gasteiger charge is 2.26. The van der Waals surface area contributed by atoms with Crippen molar-refractivity contribution in [2.75, 3.05) is 26.8 Å². The molecule has 0 fully saturated rings. The Bertz CT molecular complexity index is 1050. The molecule has 0 saturated carbocycles. The molecule has 1 amide bonds. The Morgan fingerprint density at radius 3 is 2.87 bits per heavy atom. The van der Waals surface area contributed by atoms with E-state index in [1.807, 2.05) is 6.92 Å². The van der Waals surface area contributed by atoms with E-state index in [0.717, 1.165) is 0 Å². The fourth-order valence-electron chi connectivity index (χ4n) is 3.21. The second kappa shape index (κ2) is 8.62. The molecular formula is C20H23FN6O3. The van der Waals surface area contributed by atoms with Crippen LogP contribution in [0.4, 0.5) is 4.39 Å². The molecular weight excluding hydrogens is 391 g/mol. The summed E-state index contributed by atoms with van der Waals surface area (Å²) in [5.74, 6) is 0.912. The number of rotatable bonds is 8. The third-order valence-corrected chi connectivity index (χ3v) is 4.75. The number of carbonyl (C=O) groups is 1. The molecule has 0 unspecified atom stereocenters. The van der Waals surface area contributed by atoms with Crippen molar-refractivity contribution >= 4 is 5.91 Å². The summed E-state index contributed by atoms with van der Waals surface area (Å²) < 4.78 is 27.8. The first-order valence-electron chi connectivity index (χ1n) is 9.78. The lowest BCUT2D eigenvalue weighted by Gasteiger charge is -2.22. The summed E-state index contributed by atoms with van der Waals surface area (Å²) in [5, 5.41) is 9.05. The molecule has 0 saturated heterocycles. The molecule has 158 valence electrons. The van der Waals surface area contributed by atoms with Crippen molar-refractivity contribution in [3.8, 4) is 17.3 Å². The number of amides is 1. The number of nitrogens with zero attached hydrogens (tertiary/aromatic N) is 6. The first-order valence-corrected chi connectivity index (χ1v) is 9.78. The van der Waals surface area contributed by atoms with Gasteiger partial charge in [-0.1, -0.05) is 6.07 Å². The summed E-state index contributed by atoms with van der Waals surface area (Å²) in [6, 6.07) is 7.63. The average molecular weight is 414 g/mol. The van der Waals surface area contributed by atoms with Crippen LogP contribution in [-0.2, 0) is 24.4 Å². The van der Waals surface area contributed by atoms with Crippen LogP contribution in [0, 0.1) is 5.82 Å². The maximum absolute atomic E-state index is 13.4. The van der Waals surface area contributed by atoms with E-state index in [4.69, 9.17) is 9.47 Å². The Kier molecular flexibility index (Phi) is 5.75. The zero-order valence-electron chi connectivity index (χ0n) is 16.9. The van der Waals surface area contributed by atoms with E-state index in [-0.39, 0.29) is 18.3 Å². The molecule has 3 heterocycles. The van der Waals surface area contributed by atoms with Crippen LogP contribution in [-0.4, -0.2) is 62.2 Å². The van der Waals surface area contributed by atoms with Gasteiger partial charge >= 0.3 is 0 Å². The highest BCUT2D eigenvalue weighted by Crippen LogP contribution is 2.21. The Labute approximate surface area is 173 Å². The molecule has 1 aromatic carbocycles. The molecule has 4 rings (SSSR count). The summed E-state index contributed by atoms with van der Waals surface area (Å²) in [5.41, 5.74) is 1.09. The number of halogens is 1. The zero-order chi connectivity index (χ0) is 21.1. The van der Waals surface area contributed by atoms with Crippen LogP contribution in [0.3, 0.4) is 0 Å². The Balaban J connectivity index is 1.59. The lowest BCUT2D eigenvalue weighted by atomic mass is 10.2. The van der Waals surface area contributed by atoms with Crippen LogP contribution in [0.15, 0.2) is 30.3 Å². The molecule has 0 bridgehead atoms. The van der Waals surface area contributed by atoms with Gasteiger partial charge in [0.15, 0.2) is 11.6 Å². The minimum Gasteiger partial charge on any atom is -0.485 e. The van der Waals surface area contributed by atoms with Crippen molar-refractivity contribution in [3.05, 3.63) is 47.7 Å². The monoisotopic (exact) mass is 414 g/mol. The van der Waals surface area contributed by atoms with Gasteiger partial charge < -0.3 is 14.4 Å². The molecule has 0 aliphatic carbocycles. The standard InChI is InChI=1S/C20H23FN6O3/c1-3-29-10-9-27-19(16-12-17-20(28)25(2)7-8-26(17)23-16)22-18(24-27)13-30-15-6-4-5-14(21)11-15/h4-6,11-12H,3,7-10,13H2,1-2H3. The molecule has 9 nitrogen and oxygen atoms in total. The quantitative estimate of drug-likeness (QED) is 0.524. The summed E-state index contributed by atoms with van der Waals surface area (Å²) in [6.07, 6.45) is 0. The van der Waals surface area contributed by atoms with Gasteiger partial charge in [-0.3, -0.25) is 9.48 Å². The van der Waals surface area contributed by atoms with Crippen molar-refractivity contribution in [3.63, 3.8) is 0 Å². The predicted octanol–water partition coefficient (Wildman–Crippen LogP) is 1.98. The normalized spacial score (nSPS) is 13.6. The average Bonchev–Trinajstić information content (AvgIpc) is 3.34. The minimum atomic E-state index is -0.374. The number of likely N-dealkylation sites (N-methyl/N-ethyl adjacent to an activating group) is 1. The van der Waals surface area contributed by atoms with E-state index in [1.54, 1.807) is 39.5 Å². The van der Waals surface area contributed by atoms with Crippen LogP contribution in [0.25, 0.3) is 11.5 Å². The third kappa shape index (κ3) is 4.18. The van der Waals surface area contributed by atoms with Crippen LogP contribution >= 0.6 is 0 Å². The minimum absolute atomic E-state index is 0.0740. The van der Waals surface area contributed by atoms with E-state index in [0.29, 0.717) is 61.6 Å². The van der Waals surface area contributed by atoms with Crippen molar-refractivity contribution in [1.29, 1.82) is 0 Å². The lowest BCUT2D eigenvalue weighted by molar-refractivity contribution is 0.0743. The fourth-order valence-corrected chi connectivity index (χ4v) is 3.21. The number of carbonyl (C=O) groups excluding carboxylic acids is 1. The molecule has 0 spiro atoms. The van der Waals surface area contributed by atoms with Crippen molar-refractivity contribution in [1.82, 2.24) is 29.4 Å². The third-order valence-electron chi connectivity index (χ3n) is 4.75. The highest BCUT2D eigenvalue weighted by atomic mass is 19.1. The van der Waals surface area contributed by atoms with E-state index < -0.39 is 0 Å². The molecule has 0 radical (unpaired) electrons.